The van der Waals surface area contributed by atoms with Gasteiger partial charge < -0.3 is 34.9 Å². The number of amides is 1. The Hall–Kier alpha value is -6.04. The van der Waals surface area contributed by atoms with Crippen LogP contribution in [0.1, 0.15) is 76.2 Å². The summed E-state index contributed by atoms with van der Waals surface area (Å²) < 4.78 is 17.5. The first-order chi connectivity index (χ1) is 31.3. The number of aliphatic carboxylic acids is 1. The number of anilines is 4. The minimum absolute atomic E-state index is 0.0415. The van der Waals surface area contributed by atoms with Crippen LogP contribution < -0.4 is 20.1 Å². The molecule has 0 spiro atoms. The van der Waals surface area contributed by atoms with Crippen molar-refractivity contribution < 1.29 is 28.9 Å². The van der Waals surface area contributed by atoms with Gasteiger partial charge in [0.05, 0.1) is 73.1 Å². The molecule has 2 bridgehead atoms. The van der Waals surface area contributed by atoms with Crippen molar-refractivity contribution in [1.82, 2.24) is 24.8 Å². The molecule has 2 aromatic carbocycles. The SMILES string of the molecule is CCOc1cc2c(cc1Nc1ncnc3sc4c(c13)CC[C@H](C(=O)N1CC3CC1CO3)C4)C=NC2.CCOc1cc2c(cc1Nc1ncnc3sc4c(c13)CC[C@H](C(=O)O)C4)C=NC2. The number of thiophene rings is 2. The molecule has 328 valence electrons. The molecule has 0 radical (unpaired) electrons. The molecule has 4 atom stereocenters. The van der Waals surface area contributed by atoms with E-state index in [1.54, 1.807) is 35.3 Å². The molecule has 6 aromatic rings. The molecule has 2 saturated heterocycles. The Morgan fingerprint density at radius 1 is 0.781 bits per heavy atom. The number of carboxylic acid groups (broad SMARTS) is 1. The average Bonchev–Trinajstić information content (AvgIpc) is 4.18. The number of aromatic nitrogens is 4. The minimum Gasteiger partial charge on any atom is -0.492 e. The first-order valence-corrected chi connectivity index (χ1v) is 23.7. The quantitative estimate of drug-likeness (QED) is 0.121. The Morgan fingerprint density at radius 3 is 1.83 bits per heavy atom. The Kier molecular flexibility index (Phi) is 10.7. The summed E-state index contributed by atoms with van der Waals surface area (Å²) >= 11 is 3.27. The number of ether oxygens (including phenoxy) is 3. The lowest BCUT2D eigenvalue weighted by atomic mass is 9.86. The van der Waals surface area contributed by atoms with E-state index in [9.17, 15) is 14.7 Å². The number of hydrogen-bond acceptors (Lipinski definition) is 15. The second kappa shape index (κ2) is 16.8. The van der Waals surface area contributed by atoms with E-state index < -0.39 is 5.97 Å². The van der Waals surface area contributed by atoms with E-state index in [2.05, 4.69) is 57.6 Å². The number of morpholine rings is 1. The predicted octanol–water partition coefficient (Wildman–Crippen LogP) is 7.83. The van der Waals surface area contributed by atoms with Gasteiger partial charge in [-0.1, -0.05) is 0 Å². The molecule has 2 unspecified atom stereocenters. The zero-order valence-electron chi connectivity index (χ0n) is 35.6. The van der Waals surface area contributed by atoms with Crippen molar-refractivity contribution in [2.75, 3.05) is 37.0 Å². The van der Waals surface area contributed by atoms with E-state index in [4.69, 9.17) is 14.2 Å². The second-order valence-corrected chi connectivity index (χ2v) is 19.2. The smallest absolute Gasteiger partial charge is 0.306 e. The summed E-state index contributed by atoms with van der Waals surface area (Å²) in [6, 6.07) is 8.51. The molecule has 2 aliphatic carbocycles. The fraction of sp³-hybridized carbons (Fsp3) is 0.404. The third kappa shape index (κ3) is 7.42. The Labute approximate surface area is 377 Å². The Morgan fingerprint density at radius 2 is 1.33 bits per heavy atom. The fourth-order valence-electron chi connectivity index (χ4n) is 10.0. The number of rotatable bonds is 10. The van der Waals surface area contributed by atoms with E-state index in [0.717, 1.165) is 115 Å². The number of nitrogens with one attached hydrogen (secondary N) is 2. The number of likely N-dealkylation sites (tertiary alicyclic amines) is 1. The molecule has 4 aromatic heterocycles. The van der Waals surface area contributed by atoms with E-state index >= 15 is 0 Å². The Bertz CT molecular complexity index is 2910. The predicted molar refractivity (Wildman–Crippen MR) is 248 cm³/mol. The van der Waals surface area contributed by atoms with Crippen LogP contribution in [0.25, 0.3) is 20.4 Å². The third-order valence-corrected chi connectivity index (χ3v) is 15.5. The van der Waals surface area contributed by atoms with E-state index in [1.807, 2.05) is 38.4 Å². The standard InChI is InChI=1S/C26H27N5O3S.C21H20N4O3S/c1-2-33-21-6-16-10-27-9-15(16)5-20(21)30-24-23-19-4-3-14(7-22(19)35-25(23)29-13-28-24)26(32)31-11-18-8-17(31)12-34-18;1-2-28-16-6-13-9-22-8-12(13)5-15(16)25-19-18-14-4-3-11(21(26)27)7-17(14)29-20(18)24-10-23-19/h5-6,9,13-14,17-18H,2-4,7-8,10-12H2,1H3,(H,28,29,30);5-6,8,10-11H,2-4,7,9H2,1H3,(H,26,27)(H,23,24,25)/t14-,17?,18?;11-/m00/s1. The lowest BCUT2D eigenvalue weighted by Crippen LogP contribution is -2.45. The number of benzene rings is 2. The number of carboxylic acids is 1. The van der Waals surface area contributed by atoms with Gasteiger partial charge in [0, 0.05) is 34.6 Å². The summed E-state index contributed by atoms with van der Waals surface area (Å²) in [6.07, 6.45) is 12.6. The number of hydrogen-bond donors (Lipinski definition) is 3. The highest BCUT2D eigenvalue weighted by Gasteiger charge is 2.44. The van der Waals surface area contributed by atoms with Gasteiger partial charge in [-0.25, -0.2) is 19.9 Å². The van der Waals surface area contributed by atoms with Gasteiger partial charge in [0.1, 0.15) is 45.5 Å². The zero-order valence-corrected chi connectivity index (χ0v) is 37.2. The summed E-state index contributed by atoms with van der Waals surface area (Å²) in [4.78, 5) is 57.9. The van der Waals surface area contributed by atoms with Crippen molar-refractivity contribution in [3.05, 3.63) is 80.1 Å². The molecule has 2 fully saturated rings. The topological polar surface area (TPSA) is 186 Å². The van der Waals surface area contributed by atoms with Crippen molar-refractivity contribution >= 4 is 90.4 Å². The Balaban J connectivity index is 0.000000145. The van der Waals surface area contributed by atoms with Crippen LogP contribution >= 0.6 is 22.7 Å². The second-order valence-electron chi connectivity index (χ2n) is 17.0. The fourth-order valence-corrected chi connectivity index (χ4v) is 12.5. The van der Waals surface area contributed by atoms with Crippen LogP contribution in [0.3, 0.4) is 0 Å². The van der Waals surface area contributed by atoms with E-state index in [-0.39, 0.29) is 24.0 Å². The van der Waals surface area contributed by atoms with Crippen LogP contribution in [0.2, 0.25) is 0 Å². The summed E-state index contributed by atoms with van der Waals surface area (Å²) in [7, 11) is 0. The molecule has 4 aliphatic heterocycles. The summed E-state index contributed by atoms with van der Waals surface area (Å²) in [5, 5.41) is 18.4. The first kappa shape index (κ1) is 40.7. The molecule has 12 rings (SSSR count). The first-order valence-electron chi connectivity index (χ1n) is 22.1. The van der Waals surface area contributed by atoms with Crippen LogP contribution in [0.15, 0.2) is 46.9 Å². The van der Waals surface area contributed by atoms with Crippen LogP contribution in [0, 0.1) is 11.8 Å². The normalized spacial score (nSPS) is 21.0. The number of fused-ring (bicyclic) bond motifs is 10. The molecular formula is C47H47N9O6S2. The number of carbonyl (C=O) groups is 2. The number of aryl methyl sites for hydroxylation is 2. The molecular weight excluding hydrogens is 851 g/mol. The van der Waals surface area contributed by atoms with Gasteiger partial charge in [-0.2, -0.15) is 0 Å². The van der Waals surface area contributed by atoms with Gasteiger partial charge >= 0.3 is 5.97 Å². The summed E-state index contributed by atoms with van der Waals surface area (Å²) in [5.74, 6) is 2.41. The van der Waals surface area contributed by atoms with Crippen LogP contribution in [0.4, 0.5) is 23.0 Å². The highest BCUT2D eigenvalue weighted by molar-refractivity contribution is 7.19. The number of aliphatic imine (C=N–C) groups is 2. The molecule has 17 heteroatoms. The van der Waals surface area contributed by atoms with Crippen LogP contribution in [-0.4, -0.2) is 92.8 Å². The number of nitrogens with zero attached hydrogens (tertiary/aromatic N) is 7. The summed E-state index contributed by atoms with van der Waals surface area (Å²) in [6.45, 7) is 7.92. The van der Waals surface area contributed by atoms with E-state index in [1.165, 1.54) is 21.6 Å². The van der Waals surface area contributed by atoms with E-state index in [0.29, 0.717) is 51.7 Å². The van der Waals surface area contributed by atoms with Crippen molar-refractivity contribution in [3.8, 4) is 11.5 Å². The van der Waals surface area contributed by atoms with Gasteiger partial charge in [-0.15, -0.1) is 22.7 Å². The monoisotopic (exact) mass is 897 g/mol. The number of carbonyl (C=O) groups excluding carboxylic acids is 1. The van der Waals surface area contributed by atoms with Gasteiger partial charge in [0.15, 0.2) is 0 Å². The van der Waals surface area contributed by atoms with Gasteiger partial charge in [0.25, 0.3) is 0 Å². The highest BCUT2D eigenvalue weighted by atomic mass is 32.1. The molecule has 1 amide bonds. The maximum absolute atomic E-state index is 13.3. The molecule has 0 saturated carbocycles. The van der Waals surface area contributed by atoms with Gasteiger partial charge in [-0.3, -0.25) is 19.6 Å². The summed E-state index contributed by atoms with van der Waals surface area (Å²) in [5.41, 5.74) is 8.70. The van der Waals surface area contributed by atoms with Crippen LogP contribution in [0.5, 0.6) is 11.5 Å². The van der Waals surface area contributed by atoms with Crippen molar-refractivity contribution in [1.29, 1.82) is 0 Å². The molecule has 8 heterocycles. The average molecular weight is 898 g/mol. The third-order valence-electron chi connectivity index (χ3n) is 13.1. The van der Waals surface area contributed by atoms with Gasteiger partial charge in [0.2, 0.25) is 5.91 Å². The highest BCUT2D eigenvalue weighted by Crippen LogP contribution is 2.44. The minimum atomic E-state index is -0.723. The molecule has 15 nitrogen and oxygen atoms in total. The van der Waals surface area contributed by atoms with Crippen molar-refractivity contribution in [2.24, 2.45) is 21.8 Å². The van der Waals surface area contributed by atoms with Crippen molar-refractivity contribution in [3.63, 3.8) is 0 Å². The molecule has 3 N–H and O–H groups in total. The van der Waals surface area contributed by atoms with Crippen LogP contribution in [-0.2, 0) is 53.1 Å². The largest absolute Gasteiger partial charge is 0.492 e. The lowest BCUT2D eigenvalue weighted by Gasteiger charge is -2.32. The molecule has 6 aliphatic rings. The van der Waals surface area contributed by atoms with Gasteiger partial charge in [-0.05, 0) is 116 Å². The molecule has 64 heavy (non-hydrogen) atoms. The zero-order chi connectivity index (χ0) is 43.5. The maximum Gasteiger partial charge on any atom is 0.306 e. The van der Waals surface area contributed by atoms with Crippen molar-refractivity contribution in [2.45, 2.75) is 84.0 Å². The lowest BCUT2D eigenvalue weighted by molar-refractivity contribution is -0.142. The maximum atomic E-state index is 13.3.